The highest BCUT2D eigenvalue weighted by atomic mass is 16.7. The molecule has 2 aliphatic rings. The van der Waals surface area contributed by atoms with Gasteiger partial charge in [0.25, 0.3) is 0 Å². The minimum absolute atomic E-state index is 0.177. The second-order valence-corrected chi connectivity index (χ2v) is 4.29. The zero-order chi connectivity index (χ0) is 9.26. The highest BCUT2D eigenvalue weighted by Crippen LogP contribution is 2.34. The smallest absolute Gasteiger partial charge is 0.147 e. The Morgan fingerprint density at radius 2 is 2.08 bits per heavy atom. The summed E-state index contributed by atoms with van der Waals surface area (Å²) in [6.45, 7) is 2.33. The van der Waals surface area contributed by atoms with Crippen molar-refractivity contribution in [2.24, 2.45) is 5.92 Å². The largest absolute Gasteiger partial charge is 0.393 e. The highest BCUT2D eigenvalue weighted by molar-refractivity contribution is 4.84. The first-order valence-corrected chi connectivity index (χ1v) is 5.17. The molecule has 1 saturated carbocycles. The molecule has 0 aromatic rings. The van der Waals surface area contributed by atoms with Crippen molar-refractivity contribution >= 4 is 0 Å². The predicted molar refractivity (Wildman–Crippen MR) is 48.3 cm³/mol. The fourth-order valence-corrected chi connectivity index (χ4v) is 2.46. The van der Waals surface area contributed by atoms with Crippen molar-refractivity contribution in [2.75, 3.05) is 6.79 Å². The SMILES string of the molecule is CC(O)CC1CCC2OCOC2C1. The minimum Gasteiger partial charge on any atom is -0.393 e. The molecule has 0 amide bonds. The molecule has 1 saturated heterocycles. The van der Waals surface area contributed by atoms with Gasteiger partial charge >= 0.3 is 0 Å². The van der Waals surface area contributed by atoms with Crippen LogP contribution in [-0.2, 0) is 9.47 Å². The van der Waals surface area contributed by atoms with Crippen LogP contribution < -0.4 is 0 Å². The van der Waals surface area contributed by atoms with Crippen LogP contribution in [0.1, 0.15) is 32.6 Å². The third-order valence-corrected chi connectivity index (χ3v) is 3.08. The van der Waals surface area contributed by atoms with Crippen molar-refractivity contribution < 1.29 is 14.6 Å². The van der Waals surface area contributed by atoms with Gasteiger partial charge in [-0.05, 0) is 38.5 Å². The van der Waals surface area contributed by atoms with Gasteiger partial charge in [-0.2, -0.15) is 0 Å². The molecule has 76 valence electrons. The zero-order valence-corrected chi connectivity index (χ0v) is 8.11. The Morgan fingerprint density at radius 3 is 2.85 bits per heavy atom. The van der Waals surface area contributed by atoms with Crippen LogP contribution in [0, 0.1) is 5.92 Å². The molecular formula is C10H18O3. The van der Waals surface area contributed by atoms with E-state index >= 15 is 0 Å². The summed E-state index contributed by atoms with van der Waals surface area (Å²) in [6.07, 6.45) is 4.71. The van der Waals surface area contributed by atoms with Gasteiger partial charge in [-0.1, -0.05) is 0 Å². The van der Waals surface area contributed by atoms with Crippen LogP contribution in [0.25, 0.3) is 0 Å². The Hall–Kier alpha value is -0.120. The van der Waals surface area contributed by atoms with E-state index in [2.05, 4.69) is 0 Å². The zero-order valence-electron chi connectivity index (χ0n) is 8.11. The average molecular weight is 186 g/mol. The van der Waals surface area contributed by atoms with Crippen molar-refractivity contribution in [1.29, 1.82) is 0 Å². The number of ether oxygens (including phenoxy) is 2. The number of aliphatic hydroxyl groups excluding tert-OH is 1. The lowest BCUT2D eigenvalue weighted by Gasteiger charge is -2.30. The minimum atomic E-state index is -0.177. The third kappa shape index (κ3) is 2.22. The lowest BCUT2D eigenvalue weighted by Crippen LogP contribution is -2.32. The first-order chi connectivity index (χ1) is 6.25. The molecule has 0 spiro atoms. The Morgan fingerprint density at radius 1 is 1.31 bits per heavy atom. The molecule has 4 atom stereocenters. The third-order valence-electron chi connectivity index (χ3n) is 3.08. The van der Waals surface area contributed by atoms with E-state index in [0.29, 0.717) is 24.9 Å². The van der Waals surface area contributed by atoms with Crippen LogP contribution in [0.3, 0.4) is 0 Å². The molecule has 1 N–H and O–H groups in total. The van der Waals surface area contributed by atoms with Crippen molar-refractivity contribution in [3.8, 4) is 0 Å². The Labute approximate surface area is 79.0 Å². The van der Waals surface area contributed by atoms with E-state index in [1.165, 1.54) is 6.42 Å². The van der Waals surface area contributed by atoms with Gasteiger partial charge < -0.3 is 14.6 Å². The quantitative estimate of drug-likeness (QED) is 0.706. The summed E-state index contributed by atoms with van der Waals surface area (Å²) in [5.74, 6) is 0.628. The van der Waals surface area contributed by atoms with E-state index in [-0.39, 0.29) is 6.10 Å². The summed E-state index contributed by atoms with van der Waals surface area (Å²) in [4.78, 5) is 0. The van der Waals surface area contributed by atoms with Gasteiger partial charge in [0.15, 0.2) is 0 Å². The maximum atomic E-state index is 9.27. The molecular weight excluding hydrogens is 168 g/mol. The Balaban J connectivity index is 1.83. The molecule has 0 bridgehead atoms. The molecule has 0 aromatic carbocycles. The summed E-state index contributed by atoms with van der Waals surface area (Å²) >= 11 is 0. The molecule has 2 rings (SSSR count). The normalized spacial score (nSPS) is 41.5. The molecule has 1 heterocycles. The van der Waals surface area contributed by atoms with Crippen molar-refractivity contribution in [3.63, 3.8) is 0 Å². The van der Waals surface area contributed by atoms with Gasteiger partial charge in [0, 0.05) is 0 Å². The Kier molecular flexibility index (Phi) is 2.86. The summed E-state index contributed by atoms with van der Waals surface area (Å²) in [5.41, 5.74) is 0. The van der Waals surface area contributed by atoms with E-state index in [0.717, 1.165) is 19.3 Å². The topological polar surface area (TPSA) is 38.7 Å². The van der Waals surface area contributed by atoms with Gasteiger partial charge in [0.1, 0.15) is 6.79 Å². The number of hydrogen-bond donors (Lipinski definition) is 1. The molecule has 0 aromatic heterocycles. The monoisotopic (exact) mass is 186 g/mol. The predicted octanol–water partition coefficient (Wildman–Crippen LogP) is 1.30. The van der Waals surface area contributed by atoms with Gasteiger partial charge in [0.05, 0.1) is 18.3 Å². The first kappa shape index (κ1) is 9.44. The fraction of sp³-hybridized carbons (Fsp3) is 1.00. The van der Waals surface area contributed by atoms with E-state index in [9.17, 15) is 5.11 Å². The maximum absolute atomic E-state index is 9.27. The number of hydrogen-bond acceptors (Lipinski definition) is 3. The second-order valence-electron chi connectivity index (χ2n) is 4.29. The number of aliphatic hydroxyl groups is 1. The van der Waals surface area contributed by atoms with E-state index in [1.807, 2.05) is 6.92 Å². The molecule has 4 unspecified atom stereocenters. The summed E-state index contributed by atoms with van der Waals surface area (Å²) < 4.78 is 10.9. The van der Waals surface area contributed by atoms with Crippen molar-refractivity contribution in [3.05, 3.63) is 0 Å². The first-order valence-electron chi connectivity index (χ1n) is 5.17. The van der Waals surface area contributed by atoms with Crippen LogP contribution in [-0.4, -0.2) is 30.2 Å². The van der Waals surface area contributed by atoms with Crippen LogP contribution in [0.4, 0.5) is 0 Å². The van der Waals surface area contributed by atoms with E-state index in [4.69, 9.17) is 9.47 Å². The van der Waals surface area contributed by atoms with Gasteiger partial charge in [0.2, 0.25) is 0 Å². The van der Waals surface area contributed by atoms with Crippen LogP contribution in [0.2, 0.25) is 0 Å². The molecule has 2 fully saturated rings. The Bertz CT molecular complexity index is 170. The summed E-state index contributed by atoms with van der Waals surface area (Å²) in [7, 11) is 0. The van der Waals surface area contributed by atoms with Gasteiger partial charge in [-0.25, -0.2) is 0 Å². The second kappa shape index (κ2) is 3.95. The van der Waals surface area contributed by atoms with Crippen molar-refractivity contribution in [1.82, 2.24) is 0 Å². The molecule has 1 aliphatic heterocycles. The van der Waals surface area contributed by atoms with Crippen LogP contribution in [0.5, 0.6) is 0 Å². The molecule has 3 heteroatoms. The highest BCUT2D eigenvalue weighted by Gasteiger charge is 2.35. The average Bonchev–Trinajstić information content (AvgIpc) is 2.49. The summed E-state index contributed by atoms with van der Waals surface area (Å²) in [5, 5.41) is 9.27. The van der Waals surface area contributed by atoms with Crippen molar-refractivity contribution in [2.45, 2.75) is 50.9 Å². The summed E-state index contributed by atoms with van der Waals surface area (Å²) in [6, 6.07) is 0. The lowest BCUT2D eigenvalue weighted by atomic mass is 9.82. The standard InChI is InChI=1S/C10H18O3/c1-7(11)4-8-2-3-9-10(5-8)13-6-12-9/h7-11H,2-6H2,1H3. The maximum Gasteiger partial charge on any atom is 0.147 e. The van der Waals surface area contributed by atoms with Gasteiger partial charge in [-0.15, -0.1) is 0 Å². The molecule has 0 radical (unpaired) electrons. The number of rotatable bonds is 2. The van der Waals surface area contributed by atoms with E-state index < -0.39 is 0 Å². The lowest BCUT2D eigenvalue weighted by molar-refractivity contribution is 0.0377. The fourth-order valence-electron chi connectivity index (χ4n) is 2.46. The van der Waals surface area contributed by atoms with Crippen LogP contribution in [0.15, 0.2) is 0 Å². The molecule has 3 nitrogen and oxygen atoms in total. The van der Waals surface area contributed by atoms with Gasteiger partial charge in [-0.3, -0.25) is 0 Å². The molecule has 13 heavy (non-hydrogen) atoms. The molecule has 1 aliphatic carbocycles. The van der Waals surface area contributed by atoms with E-state index in [1.54, 1.807) is 0 Å². The van der Waals surface area contributed by atoms with Crippen LogP contribution >= 0.6 is 0 Å². The number of fused-ring (bicyclic) bond motifs is 1.